The molecule has 2 aromatic carbocycles. The largest absolute Gasteiger partial charge is 0.497 e. The third-order valence-corrected chi connectivity index (χ3v) is 6.11. The second kappa shape index (κ2) is 10.3. The third-order valence-electron chi connectivity index (χ3n) is 6.11. The highest BCUT2D eigenvalue weighted by molar-refractivity contribution is 5.80. The summed E-state index contributed by atoms with van der Waals surface area (Å²) >= 11 is 0. The second-order valence-corrected chi connectivity index (χ2v) is 8.67. The molecule has 3 aromatic rings. The van der Waals surface area contributed by atoms with Crippen LogP contribution < -0.4 is 15.4 Å². The fraction of sp³-hybridized carbons (Fsp3) is 0.346. The number of methoxy groups -OCH3 is 1. The zero-order chi connectivity index (χ0) is 23.1. The molecule has 0 bridgehead atoms. The number of carbonyl (C=O) groups excluding carboxylic acids is 2. The van der Waals surface area contributed by atoms with Gasteiger partial charge in [-0.3, -0.25) is 14.3 Å². The number of hydrogen-bond acceptors (Lipinski definition) is 4. The summed E-state index contributed by atoms with van der Waals surface area (Å²) in [7, 11) is 1.64. The maximum Gasteiger partial charge on any atom is 0.220 e. The van der Waals surface area contributed by atoms with E-state index in [9.17, 15) is 9.59 Å². The molecule has 4 rings (SSSR count). The van der Waals surface area contributed by atoms with Gasteiger partial charge in [0, 0.05) is 36.7 Å². The van der Waals surface area contributed by atoms with E-state index < -0.39 is 5.54 Å². The van der Waals surface area contributed by atoms with E-state index in [0.29, 0.717) is 38.8 Å². The van der Waals surface area contributed by atoms with E-state index in [0.717, 1.165) is 23.3 Å². The molecule has 33 heavy (non-hydrogen) atoms. The number of aromatic nitrogens is 2. The van der Waals surface area contributed by atoms with Gasteiger partial charge in [0.1, 0.15) is 5.75 Å². The lowest BCUT2D eigenvalue weighted by atomic mass is 9.85. The lowest BCUT2D eigenvalue weighted by Crippen LogP contribution is -2.44. The Morgan fingerprint density at radius 3 is 2.73 bits per heavy atom. The van der Waals surface area contributed by atoms with Crippen molar-refractivity contribution >= 4 is 11.8 Å². The molecule has 0 unspecified atom stereocenters. The number of nitrogens with one attached hydrogen (secondary N) is 2. The summed E-state index contributed by atoms with van der Waals surface area (Å²) in [5.74, 6) is 0.804. The Labute approximate surface area is 194 Å². The van der Waals surface area contributed by atoms with E-state index in [4.69, 9.17) is 4.74 Å². The molecule has 0 spiro atoms. The van der Waals surface area contributed by atoms with Gasteiger partial charge in [-0.05, 0) is 42.5 Å². The molecule has 1 aromatic heterocycles. The number of hydrogen-bond donors (Lipinski definition) is 2. The smallest absolute Gasteiger partial charge is 0.220 e. The van der Waals surface area contributed by atoms with Gasteiger partial charge < -0.3 is 15.4 Å². The molecule has 2 N–H and O–H groups in total. The lowest BCUT2D eigenvalue weighted by Gasteiger charge is -2.29. The molecule has 1 atom stereocenters. The first-order chi connectivity index (χ1) is 16.0. The van der Waals surface area contributed by atoms with Crippen LogP contribution in [0.3, 0.4) is 0 Å². The Kier molecular flexibility index (Phi) is 7.07. The molecule has 2 heterocycles. The van der Waals surface area contributed by atoms with Gasteiger partial charge in [0.15, 0.2) is 0 Å². The molecule has 0 radical (unpaired) electrons. The first-order valence-corrected chi connectivity index (χ1v) is 11.3. The minimum absolute atomic E-state index is 0.0306. The summed E-state index contributed by atoms with van der Waals surface area (Å²) in [4.78, 5) is 24.6. The number of benzene rings is 2. The maximum atomic E-state index is 12.6. The van der Waals surface area contributed by atoms with Gasteiger partial charge in [-0.1, -0.05) is 42.5 Å². The molecule has 172 valence electrons. The summed E-state index contributed by atoms with van der Waals surface area (Å²) in [6, 6.07) is 18.0. The first kappa shape index (κ1) is 22.6. The van der Waals surface area contributed by atoms with Crippen LogP contribution in [0.1, 0.15) is 42.4 Å². The van der Waals surface area contributed by atoms with Crippen molar-refractivity contribution in [1.82, 2.24) is 20.4 Å². The molecule has 1 aliphatic heterocycles. The lowest BCUT2D eigenvalue weighted by molar-refractivity contribution is -0.122. The van der Waals surface area contributed by atoms with Gasteiger partial charge in [-0.15, -0.1) is 0 Å². The summed E-state index contributed by atoms with van der Waals surface area (Å²) < 4.78 is 7.19. The predicted molar refractivity (Wildman–Crippen MR) is 126 cm³/mol. The van der Waals surface area contributed by atoms with Crippen LogP contribution in [-0.4, -0.2) is 34.2 Å². The highest BCUT2D eigenvalue weighted by Crippen LogP contribution is 2.30. The molecule has 7 nitrogen and oxygen atoms in total. The van der Waals surface area contributed by atoms with E-state index in [1.165, 1.54) is 5.56 Å². The predicted octanol–water partition coefficient (Wildman–Crippen LogP) is 3.23. The van der Waals surface area contributed by atoms with Crippen molar-refractivity contribution in [3.8, 4) is 5.75 Å². The fourth-order valence-electron chi connectivity index (χ4n) is 4.35. The van der Waals surface area contributed by atoms with Gasteiger partial charge in [0.25, 0.3) is 0 Å². The summed E-state index contributed by atoms with van der Waals surface area (Å²) in [6.45, 7) is 1.13. The topological polar surface area (TPSA) is 85.2 Å². The van der Waals surface area contributed by atoms with Crippen LogP contribution in [0.15, 0.2) is 67.0 Å². The SMILES string of the molecule is COc1cccc(C[C@]2(CCC(=O)NCc3cnn(Cc4ccccc4)c3)CCC(=O)N2)c1. The highest BCUT2D eigenvalue weighted by atomic mass is 16.5. The van der Waals surface area contributed by atoms with Crippen LogP contribution in [-0.2, 0) is 29.1 Å². The van der Waals surface area contributed by atoms with Gasteiger partial charge in [0.05, 0.1) is 19.9 Å². The Morgan fingerprint density at radius 2 is 1.97 bits per heavy atom. The molecule has 0 aliphatic carbocycles. The number of carbonyl (C=O) groups is 2. The van der Waals surface area contributed by atoms with E-state index in [-0.39, 0.29) is 11.8 Å². The van der Waals surface area contributed by atoms with Crippen LogP contribution in [0.5, 0.6) is 5.75 Å². The molecule has 1 fully saturated rings. The van der Waals surface area contributed by atoms with E-state index in [1.54, 1.807) is 13.3 Å². The summed E-state index contributed by atoms with van der Waals surface area (Å²) in [5, 5.41) is 10.5. The van der Waals surface area contributed by atoms with Crippen molar-refractivity contribution in [2.45, 2.75) is 50.7 Å². The first-order valence-electron chi connectivity index (χ1n) is 11.3. The van der Waals surface area contributed by atoms with E-state index in [2.05, 4.69) is 27.9 Å². The minimum Gasteiger partial charge on any atom is -0.497 e. The van der Waals surface area contributed by atoms with Crippen molar-refractivity contribution in [3.05, 3.63) is 83.7 Å². The highest BCUT2D eigenvalue weighted by Gasteiger charge is 2.37. The zero-order valence-corrected chi connectivity index (χ0v) is 18.9. The summed E-state index contributed by atoms with van der Waals surface area (Å²) in [6.07, 6.45) is 6.57. The quantitative estimate of drug-likeness (QED) is 0.501. The third kappa shape index (κ3) is 6.22. The van der Waals surface area contributed by atoms with Gasteiger partial charge in [0.2, 0.25) is 11.8 Å². The average Bonchev–Trinajstić information content (AvgIpc) is 3.43. The van der Waals surface area contributed by atoms with Crippen molar-refractivity contribution < 1.29 is 14.3 Å². The normalized spacial score (nSPS) is 17.5. The minimum atomic E-state index is -0.401. The molecular formula is C26H30N4O3. The number of nitrogens with zero attached hydrogens (tertiary/aromatic N) is 2. The Balaban J connectivity index is 1.29. The van der Waals surface area contributed by atoms with Gasteiger partial charge in [-0.25, -0.2) is 0 Å². The van der Waals surface area contributed by atoms with E-state index >= 15 is 0 Å². The standard InChI is InChI=1S/C26H30N4O3/c1-33-23-9-5-8-21(14-23)15-26(13-11-25(32)29-26)12-10-24(31)27-16-22-17-28-30(19-22)18-20-6-3-2-4-7-20/h2-9,14,17,19H,10-13,15-16,18H2,1H3,(H,27,31)(H,29,32)/t26-/m0/s1. The zero-order valence-electron chi connectivity index (χ0n) is 18.9. The van der Waals surface area contributed by atoms with Crippen molar-refractivity contribution in [2.75, 3.05) is 7.11 Å². The van der Waals surface area contributed by atoms with Gasteiger partial charge >= 0.3 is 0 Å². The Morgan fingerprint density at radius 1 is 1.15 bits per heavy atom. The van der Waals surface area contributed by atoms with Crippen LogP contribution in [0.2, 0.25) is 0 Å². The van der Waals surface area contributed by atoms with Crippen molar-refractivity contribution in [2.24, 2.45) is 0 Å². The molecule has 1 aliphatic rings. The molecule has 0 saturated carbocycles. The number of rotatable bonds is 10. The molecular weight excluding hydrogens is 416 g/mol. The molecule has 1 saturated heterocycles. The number of ether oxygens (including phenoxy) is 1. The van der Waals surface area contributed by atoms with Crippen LogP contribution in [0.4, 0.5) is 0 Å². The average molecular weight is 447 g/mol. The van der Waals surface area contributed by atoms with Crippen molar-refractivity contribution in [1.29, 1.82) is 0 Å². The molecule has 2 amide bonds. The van der Waals surface area contributed by atoms with Crippen LogP contribution in [0, 0.1) is 0 Å². The Hall–Kier alpha value is -3.61. The van der Waals surface area contributed by atoms with Crippen LogP contribution in [0.25, 0.3) is 0 Å². The molecule has 7 heteroatoms. The van der Waals surface area contributed by atoms with Crippen molar-refractivity contribution in [3.63, 3.8) is 0 Å². The van der Waals surface area contributed by atoms with Crippen LogP contribution >= 0.6 is 0 Å². The number of amides is 2. The Bertz CT molecular complexity index is 1100. The monoisotopic (exact) mass is 446 g/mol. The maximum absolute atomic E-state index is 12.6. The van der Waals surface area contributed by atoms with E-state index in [1.807, 2.05) is 53.3 Å². The summed E-state index contributed by atoms with van der Waals surface area (Å²) in [5.41, 5.74) is 2.82. The second-order valence-electron chi connectivity index (χ2n) is 8.67. The van der Waals surface area contributed by atoms with Gasteiger partial charge in [-0.2, -0.15) is 5.10 Å². The fourth-order valence-corrected chi connectivity index (χ4v) is 4.35.